The first kappa shape index (κ1) is 16.8. The number of nitrogens with zero attached hydrogens (tertiary/aromatic N) is 1. The van der Waals surface area contributed by atoms with Gasteiger partial charge in [0, 0.05) is 23.4 Å². The van der Waals surface area contributed by atoms with Gasteiger partial charge in [-0.05, 0) is 12.1 Å². The molecular formula is C12H13BrN2O3S2. The lowest BCUT2D eigenvalue weighted by Crippen LogP contribution is -2.18. The number of benzene rings is 1. The Hall–Kier alpha value is -1.25. The van der Waals surface area contributed by atoms with Gasteiger partial charge in [0.2, 0.25) is 0 Å². The lowest BCUT2D eigenvalue weighted by molar-refractivity contribution is 0.0971. The summed E-state index contributed by atoms with van der Waals surface area (Å²) in [5.41, 5.74) is 0.436. The van der Waals surface area contributed by atoms with Crippen LogP contribution in [0.15, 0.2) is 40.7 Å². The van der Waals surface area contributed by atoms with Crippen LogP contribution in [0.4, 0.5) is 0 Å². The molecule has 0 aliphatic carbocycles. The van der Waals surface area contributed by atoms with Gasteiger partial charge >= 0.3 is 0 Å². The van der Waals surface area contributed by atoms with E-state index in [0.29, 0.717) is 10.4 Å². The number of carbonyl (C=O) groups is 1. The van der Waals surface area contributed by atoms with Crippen LogP contribution in [-0.4, -0.2) is 25.0 Å². The first-order valence-electron chi connectivity index (χ1n) is 5.40. The minimum atomic E-state index is -3.25. The fourth-order valence-corrected chi connectivity index (χ4v) is 2.79. The van der Waals surface area contributed by atoms with E-state index in [-0.39, 0.29) is 34.2 Å². The number of ketones is 1. The van der Waals surface area contributed by atoms with Gasteiger partial charge in [-0.15, -0.1) is 28.3 Å². The molecule has 0 bridgehead atoms. The molecule has 1 aromatic carbocycles. The smallest absolute Gasteiger partial charge is 0.182 e. The normalized spacial score (nSPS) is 10.8. The van der Waals surface area contributed by atoms with Crippen LogP contribution in [-0.2, 0) is 16.4 Å². The number of hydrogen-bond acceptors (Lipinski definition) is 5. The van der Waals surface area contributed by atoms with Gasteiger partial charge in [-0.1, -0.05) is 12.1 Å². The van der Waals surface area contributed by atoms with Gasteiger partial charge in [-0.25, -0.2) is 8.42 Å². The van der Waals surface area contributed by atoms with Gasteiger partial charge < -0.3 is 4.57 Å². The number of nitrogens with one attached hydrogen (secondary N) is 1. The van der Waals surface area contributed by atoms with E-state index < -0.39 is 9.84 Å². The third kappa shape index (κ3) is 3.87. The minimum absolute atomic E-state index is 0. The summed E-state index contributed by atoms with van der Waals surface area (Å²) in [6, 6.07) is 5.83. The molecule has 20 heavy (non-hydrogen) atoms. The molecule has 0 unspecified atom stereocenters. The maximum absolute atomic E-state index is 12.0. The number of thiazole rings is 1. The van der Waals surface area contributed by atoms with Crippen molar-refractivity contribution in [2.45, 2.75) is 11.4 Å². The van der Waals surface area contributed by atoms with Crippen molar-refractivity contribution in [2.75, 3.05) is 6.26 Å². The topological polar surface area (TPSA) is 80.0 Å². The Kier molecular flexibility index (Phi) is 5.43. The zero-order valence-electron chi connectivity index (χ0n) is 10.6. The Morgan fingerprint density at radius 3 is 2.35 bits per heavy atom. The highest BCUT2D eigenvalue weighted by atomic mass is 79.9. The highest BCUT2D eigenvalue weighted by Gasteiger charge is 2.10. The van der Waals surface area contributed by atoms with Crippen molar-refractivity contribution in [3.63, 3.8) is 0 Å². The molecule has 0 aliphatic heterocycles. The molecule has 1 N–H and O–H groups in total. The molecule has 5 nitrogen and oxygen atoms in total. The molecule has 0 saturated carbocycles. The summed E-state index contributed by atoms with van der Waals surface area (Å²) in [7, 11) is -3.25. The molecule has 0 radical (unpaired) electrons. The van der Waals surface area contributed by atoms with Gasteiger partial charge in [0.05, 0.1) is 11.4 Å². The number of aromatic nitrogens is 1. The lowest BCUT2D eigenvalue weighted by atomic mass is 10.1. The maximum Gasteiger partial charge on any atom is 0.182 e. The number of rotatable bonds is 4. The molecular weight excluding hydrogens is 364 g/mol. The molecule has 0 saturated heterocycles. The third-order valence-electron chi connectivity index (χ3n) is 2.60. The van der Waals surface area contributed by atoms with Crippen molar-refractivity contribution < 1.29 is 13.2 Å². The Labute approximate surface area is 131 Å². The van der Waals surface area contributed by atoms with Gasteiger partial charge in [0.25, 0.3) is 0 Å². The van der Waals surface area contributed by atoms with Crippen LogP contribution in [0.2, 0.25) is 0 Å². The fourth-order valence-electron chi connectivity index (χ4n) is 1.56. The average molecular weight is 377 g/mol. The second-order valence-corrected chi connectivity index (χ2v) is 6.97. The van der Waals surface area contributed by atoms with Crippen LogP contribution in [0, 0.1) is 5.41 Å². The molecule has 2 rings (SSSR count). The highest BCUT2D eigenvalue weighted by molar-refractivity contribution is 8.93. The number of sulfone groups is 1. The van der Waals surface area contributed by atoms with E-state index in [1.54, 1.807) is 11.6 Å². The summed E-state index contributed by atoms with van der Waals surface area (Å²) in [5.74, 6) is -0.156. The largest absolute Gasteiger partial charge is 0.316 e. The lowest BCUT2D eigenvalue weighted by Gasteiger charge is -2.03. The van der Waals surface area contributed by atoms with Crippen LogP contribution in [0.1, 0.15) is 10.4 Å². The van der Waals surface area contributed by atoms with Crippen molar-refractivity contribution in [2.24, 2.45) is 0 Å². The summed E-state index contributed by atoms with van der Waals surface area (Å²) in [6.45, 7) is 0.0839. The SMILES string of the molecule is Br.CS(=O)(=O)c1ccc(C(=O)Cn2ccsc2=N)cc1. The Morgan fingerprint density at radius 2 is 1.90 bits per heavy atom. The summed E-state index contributed by atoms with van der Waals surface area (Å²) >= 11 is 1.25. The van der Waals surface area contributed by atoms with Crippen LogP contribution in [0.5, 0.6) is 0 Å². The van der Waals surface area contributed by atoms with Crippen molar-refractivity contribution in [3.05, 3.63) is 46.2 Å². The molecule has 0 amide bonds. The van der Waals surface area contributed by atoms with E-state index in [0.717, 1.165) is 6.26 Å². The van der Waals surface area contributed by atoms with E-state index in [9.17, 15) is 13.2 Å². The number of carbonyl (C=O) groups excluding carboxylic acids is 1. The molecule has 1 heterocycles. The monoisotopic (exact) mass is 376 g/mol. The molecule has 108 valence electrons. The molecule has 1 aromatic heterocycles. The van der Waals surface area contributed by atoms with E-state index in [4.69, 9.17) is 5.41 Å². The number of hydrogen-bond donors (Lipinski definition) is 1. The molecule has 0 atom stereocenters. The highest BCUT2D eigenvalue weighted by Crippen LogP contribution is 2.11. The average Bonchev–Trinajstić information content (AvgIpc) is 2.74. The molecule has 8 heteroatoms. The maximum atomic E-state index is 12.0. The number of Topliss-reactive ketones (excluding diaryl/α,β-unsaturated/α-hetero) is 1. The summed E-state index contributed by atoms with van der Waals surface area (Å²) in [4.78, 5) is 12.5. The van der Waals surface area contributed by atoms with Crippen LogP contribution < -0.4 is 4.80 Å². The number of halogens is 1. The van der Waals surface area contributed by atoms with E-state index >= 15 is 0 Å². The van der Waals surface area contributed by atoms with Crippen molar-refractivity contribution >= 4 is 43.9 Å². The standard InChI is InChI=1S/C12H12N2O3S2.BrH/c1-19(16,17)10-4-2-9(3-5-10)11(15)8-14-6-7-18-12(14)13;/h2-7,13H,8H2,1H3;1H. The van der Waals surface area contributed by atoms with Gasteiger partial charge in [-0.3, -0.25) is 10.2 Å². The second-order valence-electron chi connectivity index (χ2n) is 4.06. The predicted molar refractivity (Wildman–Crippen MR) is 82.4 cm³/mol. The molecule has 0 fully saturated rings. The van der Waals surface area contributed by atoms with Gasteiger partial charge in [0.15, 0.2) is 20.4 Å². The van der Waals surface area contributed by atoms with Crippen molar-refractivity contribution in [3.8, 4) is 0 Å². The van der Waals surface area contributed by atoms with Crippen molar-refractivity contribution in [1.82, 2.24) is 4.57 Å². The summed E-state index contributed by atoms with van der Waals surface area (Å²) in [5, 5.41) is 9.31. The van der Waals surface area contributed by atoms with E-state index in [1.165, 1.54) is 40.2 Å². The molecule has 0 aliphatic rings. The molecule has 2 aromatic rings. The second kappa shape index (κ2) is 6.47. The van der Waals surface area contributed by atoms with Crippen LogP contribution in [0.3, 0.4) is 0 Å². The quantitative estimate of drug-likeness (QED) is 0.827. The Morgan fingerprint density at radius 1 is 1.30 bits per heavy atom. The van der Waals surface area contributed by atoms with Crippen molar-refractivity contribution in [1.29, 1.82) is 5.41 Å². The molecule has 0 spiro atoms. The van der Waals surface area contributed by atoms with Crippen LogP contribution >= 0.6 is 28.3 Å². The Bertz CT molecular complexity index is 761. The van der Waals surface area contributed by atoms with E-state index in [2.05, 4.69) is 0 Å². The zero-order valence-corrected chi connectivity index (χ0v) is 13.9. The van der Waals surface area contributed by atoms with Crippen LogP contribution in [0.25, 0.3) is 0 Å². The summed E-state index contributed by atoms with van der Waals surface area (Å²) in [6.07, 6.45) is 2.80. The Balaban J connectivity index is 0.00000200. The van der Waals surface area contributed by atoms with E-state index in [1.807, 2.05) is 0 Å². The fraction of sp³-hybridized carbons (Fsp3) is 0.167. The zero-order chi connectivity index (χ0) is 14.0. The predicted octanol–water partition coefficient (Wildman–Crippen LogP) is 1.89. The third-order valence-corrected chi connectivity index (χ3v) is 4.44. The van der Waals surface area contributed by atoms with Gasteiger partial charge in [0.1, 0.15) is 0 Å². The summed E-state index contributed by atoms with van der Waals surface area (Å²) < 4.78 is 24.1. The minimum Gasteiger partial charge on any atom is -0.316 e. The first-order chi connectivity index (χ1) is 8.88. The first-order valence-corrected chi connectivity index (χ1v) is 8.17. The van der Waals surface area contributed by atoms with Gasteiger partial charge in [-0.2, -0.15) is 0 Å².